The molecule has 6 nitrogen and oxygen atoms in total. The van der Waals surface area contributed by atoms with Crippen molar-refractivity contribution in [3.8, 4) is 0 Å². The molecule has 1 saturated heterocycles. The lowest BCUT2D eigenvalue weighted by Gasteiger charge is -2.30. The standard InChI is InChI=1S/C15H22N2O4/c1-2-3-11-21-12(18)7-10-17-13(19)15(16-14(17)20)8-5-4-6-9-15/h2-3H,4-11H2,1H3,(H,16,20)/b3-2-. The number of carbonyl (C=O) groups excluding carboxylic acids is 3. The van der Waals surface area contributed by atoms with Gasteiger partial charge in [-0.15, -0.1) is 0 Å². The van der Waals surface area contributed by atoms with E-state index >= 15 is 0 Å². The molecule has 21 heavy (non-hydrogen) atoms. The molecule has 116 valence electrons. The van der Waals surface area contributed by atoms with Gasteiger partial charge in [-0.25, -0.2) is 4.79 Å². The van der Waals surface area contributed by atoms with E-state index < -0.39 is 11.5 Å². The fraction of sp³-hybridized carbons (Fsp3) is 0.667. The van der Waals surface area contributed by atoms with Gasteiger partial charge >= 0.3 is 12.0 Å². The molecule has 2 rings (SSSR count). The Balaban J connectivity index is 1.87. The van der Waals surface area contributed by atoms with Crippen LogP contribution in [0.25, 0.3) is 0 Å². The first-order valence-electron chi connectivity index (χ1n) is 7.50. The maximum Gasteiger partial charge on any atom is 0.325 e. The third-order valence-electron chi connectivity index (χ3n) is 4.07. The van der Waals surface area contributed by atoms with Gasteiger partial charge in [0.25, 0.3) is 5.91 Å². The van der Waals surface area contributed by atoms with Crippen molar-refractivity contribution in [3.05, 3.63) is 12.2 Å². The number of esters is 1. The predicted octanol–water partition coefficient (Wildman–Crippen LogP) is 1.75. The van der Waals surface area contributed by atoms with E-state index in [1.54, 1.807) is 12.2 Å². The quantitative estimate of drug-likeness (QED) is 0.476. The number of urea groups is 1. The van der Waals surface area contributed by atoms with E-state index in [9.17, 15) is 14.4 Å². The first-order chi connectivity index (χ1) is 10.1. The Labute approximate surface area is 124 Å². The summed E-state index contributed by atoms with van der Waals surface area (Å²) in [5.74, 6) is -0.591. The highest BCUT2D eigenvalue weighted by Crippen LogP contribution is 2.33. The van der Waals surface area contributed by atoms with E-state index in [1.165, 1.54) is 0 Å². The van der Waals surface area contributed by atoms with Crippen LogP contribution in [0, 0.1) is 0 Å². The lowest BCUT2D eigenvalue weighted by molar-refractivity contribution is -0.143. The second-order valence-corrected chi connectivity index (χ2v) is 5.53. The fourth-order valence-electron chi connectivity index (χ4n) is 2.89. The van der Waals surface area contributed by atoms with Gasteiger partial charge in [0.2, 0.25) is 0 Å². The molecule has 3 amide bonds. The van der Waals surface area contributed by atoms with Crippen molar-refractivity contribution in [1.29, 1.82) is 0 Å². The van der Waals surface area contributed by atoms with Crippen LogP contribution in [-0.2, 0) is 14.3 Å². The van der Waals surface area contributed by atoms with Gasteiger partial charge in [-0.3, -0.25) is 14.5 Å². The Kier molecular flexibility index (Phi) is 4.98. The number of amides is 3. The average Bonchev–Trinajstić information content (AvgIpc) is 2.69. The Morgan fingerprint density at radius 2 is 2.05 bits per heavy atom. The summed E-state index contributed by atoms with van der Waals surface area (Å²) in [6.07, 6.45) is 7.94. The van der Waals surface area contributed by atoms with Crippen LogP contribution in [-0.4, -0.2) is 41.5 Å². The molecule has 0 radical (unpaired) electrons. The van der Waals surface area contributed by atoms with Crippen LogP contribution >= 0.6 is 0 Å². The zero-order valence-electron chi connectivity index (χ0n) is 12.4. The first kappa shape index (κ1) is 15.5. The van der Waals surface area contributed by atoms with E-state index in [1.807, 2.05) is 6.92 Å². The van der Waals surface area contributed by atoms with Gasteiger partial charge in [0.1, 0.15) is 12.1 Å². The van der Waals surface area contributed by atoms with Crippen LogP contribution < -0.4 is 5.32 Å². The molecule has 0 atom stereocenters. The molecule has 1 spiro atoms. The monoisotopic (exact) mass is 294 g/mol. The van der Waals surface area contributed by atoms with Crippen molar-refractivity contribution < 1.29 is 19.1 Å². The van der Waals surface area contributed by atoms with Crippen molar-refractivity contribution >= 4 is 17.9 Å². The number of ether oxygens (including phenoxy) is 1. The highest BCUT2D eigenvalue weighted by Gasteiger charge is 2.51. The van der Waals surface area contributed by atoms with E-state index in [0.717, 1.165) is 24.2 Å². The molecule has 1 aliphatic heterocycles. The number of nitrogens with zero attached hydrogens (tertiary/aromatic N) is 1. The summed E-state index contributed by atoms with van der Waals surface area (Å²) in [5.41, 5.74) is -0.718. The van der Waals surface area contributed by atoms with Crippen molar-refractivity contribution in [2.24, 2.45) is 0 Å². The molecule has 0 bridgehead atoms. The van der Waals surface area contributed by atoms with Gasteiger partial charge in [-0.1, -0.05) is 31.4 Å². The Bertz CT molecular complexity index is 453. The minimum Gasteiger partial charge on any atom is -0.461 e. The molecule has 0 aromatic rings. The smallest absolute Gasteiger partial charge is 0.325 e. The summed E-state index contributed by atoms with van der Waals surface area (Å²) in [6, 6.07) is -0.386. The molecule has 0 aromatic heterocycles. The third-order valence-corrected chi connectivity index (χ3v) is 4.07. The fourth-order valence-corrected chi connectivity index (χ4v) is 2.89. The molecular weight excluding hydrogens is 272 g/mol. The summed E-state index contributed by atoms with van der Waals surface area (Å²) in [5, 5.41) is 2.82. The Morgan fingerprint density at radius 3 is 2.71 bits per heavy atom. The Morgan fingerprint density at radius 1 is 1.33 bits per heavy atom. The van der Waals surface area contributed by atoms with Crippen LogP contribution in [0.3, 0.4) is 0 Å². The molecule has 1 saturated carbocycles. The zero-order chi connectivity index (χ0) is 15.3. The molecule has 0 aromatic carbocycles. The van der Waals surface area contributed by atoms with Crippen molar-refractivity contribution in [1.82, 2.24) is 10.2 Å². The lowest BCUT2D eigenvalue weighted by atomic mass is 9.82. The van der Waals surface area contributed by atoms with Crippen LogP contribution in [0.15, 0.2) is 12.2 Å². The molecule has 2 aliphatic rings. The summed E-state index contributed by atoms with van der Waals surface area (Å²) >= 11 is 0. The summed E-state index contributed by atoms with van der Waals surface area (Å²) in [4.78, 5) is 37.1. The molecule has 2 fully saturated rings. The van der Waals surface area contributed by atoms with E-state index in [-0.39, 0.29) is 31.5 Å². The normalized spacial score (nSPS) is 21.1. The predicted molar refractivity (Wildman–Crippen MR) is 76.5 cm³/mol. The largest absolute Gasteiger partial charge is 0.461 e. The number of hydrogen-bond acceptors (Lipinski definition) is 4. The van der Waals surface area contributed by atoms with Crippen molar-refractivity contribution in [3.63, 3.8) is 0 Å². The molecule has 1 heterocycles. The van der Waals surface area contributed by atoms with Crippen molar-refractivity contribution in [2.75, 3.05) is 13.2 Å². The van der Waals surface area contributed by atoms with E-state index in [2.05, 4.69) is 5.32 Å². The SMILES string of the molecule is C/C=C\COC(=O)CCN1C(=O)NC2(CCCCC2)C1=O. The highest BCUT2D eigenvalue weighted by atomic mass is 16.5. The zero-order valence-corrected chi connectivity index (χ0v) is 12.4. The summed E-state index contributed by atoms with van der Waals surface area (Å²) in [6.45, 7) is 2.14. The number of nitrogens with one attached hydrogen (secondary N) is 1. The van der Waals surface area contributed by atoms with Gasteiger partial charge < -0.3 is 10.1 Å². The minimum atomic E-state index is -0.718. The first-order valence-corrected chi connectivity index (χ1v) is 7.50. The maximum atomic E-state index is 12.4. The summed E-state index contributed by atoms with van der Waals surface area (Å²) < 4.78 is 4.95. The number of allylic oxidation sites excluding steroid dienone is 1. The molecule has 0 unspecified atom stereocenters. The lowest BCUT2D eigenvalue weighted by Crippen LogP contribution is -2.48. The van der Waals surface area contributed by atoms with Crippen LogP contribution in [0.4, 0.5) is 4.79 Å². The maximum absolute atomic E-state index is 12.4. The average molecular weight is 294 g/mol. The van der Waals surface area contributed by atoms with Gasteiger partial charge in [0.05, 0.1) is 6.42 Å². The number of rotatable bonds is 5. The highest BCUT2D eigenvalue weighted by molar-refractivity contribution is 6.07. The van der Waals surface area contributed by atoms with Crippen LogP contribution in [0.1, 0.15) is 45.4 Å². The van der Waals surface area contributed by atoms with E-state index in [4.69, 9.17) is 4.74 Å². The molecule has 1 N–H and O–H groups in total. The van der Waals surface area contributed by atoms with Gasteiger partial charge in [0, 0.05) is 6.54 Å². The number of carbonyl (C=O) groups is 3. The summed E-state index contributed by atoms with van der Waals surface area (Å²) in [7, 11) is 0. The molecule has 6 heteroatoms. The number of imide groups is 1. The van der Waals surface area contributed by atoms with E-state index in [0.29, 0.717) is 12.8 Å². The van der Waals surface area contributed by atoms with Gasteiger partial charge in [-0.2, -0.15) is 0 Å². The number of hydrogen-bond donors (Lipinski definition) is 1. The van der Waals surface area contributed by atoms with Crippen molar-refractivity contribution in [2.45, 2.75) is 51.0 Å². The third kappa shape index (κ3) is 3.43. The second kappa shape index (κ2) is 6.74. The molecule has 1 aliphatic carbocycles. The van der Waals surface area contributed by atoms with Gasteiger partial charge in [-0.05, 0) is 19.8 Å². The molecular formula is C15H22N2O4. The topological polar surface area (TPSA) is 75.7 Å². The van der Waals surface area contributed by atoms with Crippen LogP contribution in [0.5, 0.6) is 0 Å². The van der Waals surface area contributed by atoms with Gasteiger partial charge in [0.15, 0.2) is 0 Å². The Hall–Kier alpha value is -1.85. The van der Waals surface area contributed by atoms with Crippen LogP contribution in [0.2, 0.25) is 0 Å². The minimum absolute atomic E-state index is 0.0345. The second-order valence-electron chi connectivity index (χ2n) is 5.53.